The average molecular weight is 375 g/mol. The second-order valence-electron chi connectivity index (χ2n) is 5.84. The fourth-order valence-corrected chi connectivity index (χ4v) is 3.49. The highest BCUT2D eigenvalue weighted by Crippen LogP contribution is 2.28. The number of aromatic hydroxyl groups is 1. The molecule has 1 aromatic heterocycles. The first-order valence-corrected chi connectivity index (χ1v) is 9.24. The first kappa shape index (κ1) is 17.1. The lowest BCUT2D eigenvalue weighted by Crippen LogP contribution is -2.02. The maximum atomic E-state index is 9.49. The minimum atomic E-state index is 0.213. The molecule has 3 aromatic carbocycles. The summed E-state index contributed by atoms with van der Waals surface area (Å²) in [5, 5.41) is 17.2. The lowest BCUT2D eigenvalue weighted by Gasteiger charge is -2.02. The summed E-state index contributed by atoms with van der Waals surface area (Å²) in [6.45, 7) is 0.213. The van der Waals surface area contributed by atoms with Gasteiger partial charge < -0.3 is 15.3 Å². The Morgan fingerprint density at radius 2 is 1.78 bits per heavy atom. The first-order chi connectivity index (χ1) is 13.3. The summed E-state index contributed by atoms with van der Waals surface area (Å²) >= 11 is 1.45. The minimum Gasteiger partial charge on any atom is -0.508 e. The van der Waals surface area contributed by atoms with Crippen LogP contribution in [0.3, 0.4) is 0 Å². The van der Waals surface area contributed by atoms with Crippen molar-refractivity contribution < 1.29 is 9.94 Å². The number of oxime groups is 1. The van der Waals surface area contributed by atoms with Gasteiger partial charge >= 0.3 is 0 Å². The number of fused-ring (bicyclic) bond motifs is 1. The third kappa shape index (κ3) is 4.24. The highest BCUT2D eigenvalue weighted by Gasteiger charge is 2.03. The van der Waals surface area contributed by atoms with Crippen LogP contribution in [-0.4, -0.2) is 23.0 Å². The largest absolute Gasteiger partial charge is 0.508 e. The summed E-state index contributed by atoms with van der Waals surface area (Å²) in [6, 6.07) is 23.5. The topological polar surface area (TPSA) is 66.7 Å². The highest BCUT2D eigenvalue weighted by molar-refractivity contribution is 7.22. The number of hydrogen-bond acceptors (Lipinski definition) is 6. The molecule has 0 aliphatic heterocycles. The van der Waals surface area contributed by atoms with Crippen LogP contribution in [0.25, 0.3) is 21.3 Å². The molecular weight excluding hydrogens is 358 g/mol. The molecule has 134 valence electrons. The zero-order chi connectivity index (χ0) is 18.5. The van der Waals surface area contributed by atoms with E-state index < -0.39 is 0 Å². The molecule has 0 saturated carbocycles. The quantitative estimate of drug-likeness (QED) is 0.213. The lowest BCUT2D eigenvalue weighted by molar-refractivity contribution is 0.165. The van der Waals surface area contributed by atoms with Crippen molar-refractivity contribution in [1.29, 1.82) is 0 Å². The number of anilines is 1. The van der Waals surface area contributed by atoms with Gasteiger partial charge in [-0.2, -0.15) is 0 Å². The summed E-state index contributed by atoms with van der Waals surface area (Å²) in [5.41, 5.74) is 4.15. The summed E-state index contributed by atoms with van der Waals surface area (Å²) in [7, 11) is 0. The molecule has 0 aliphatic rings. The van der Waals surface area contributed by atoms with E-state index in [-0.39, 0.29) is 12.5 Å². The molecule has 5 nitrogen and oxygen atoms in total. The van der Waals surface area contributed by atoms with Crippen molar-refractivity contribution in [1.82, 2.24) is 4.98 Å². The van der Waals surface area contributed by atoms with Gasteiger partial charge in [-0.1, -0.05) is 71.1 Å². The van der Waals surface area contributed by atoms with Crippen molar-refractivity contribution in [2.24, 2.45) is 5.16 Å². The Balaban J connectivity index is 1.30. The number of hydrogen-bond donors (Lipinski definition) is 2. The van der Waals surface area contributed by atoms with Crippen molar-refractivity contribution in [3.05, 3.63) is 78.4 Å². The van der Waals surface area contributed by atoms with E-state index >= 15 is 0 Å². The maximum absolute atomic E-state index is 9.49. The molecule has 1 heterocycles. The molecule has 0 unspecified atom stereocenters. The molecule has 0 aliphatic carbocycles. The molecule has 0 bridgehead atoms. The van der Waals surface area contributed by atoms with E-state index in [0.717, 1.165) is 26.5 Å². The van der Waals surface area contributed by atoms with Gasteiger partial charge in [0.05, 0.1) is 16.4 Å². The predicted molar refractivity (Wildman–Crippen MR) is 110 cm³/mol. The van der Waals surface area contributed by atoms with Crippen LogP contribution in [0.15, 0.2) is 78.0 Å². The number of nitrogens with one attached hydrogen (secondary N) is 1. The smallest absolute Gasteiger partial charge is 0.189 e. The second-order valence-corrected chi connectivity index (χ2v) is 6.87. The van der Waals surface area contributed by atoms with Crippen LogP contribution in [0.1, 0.15) is 5.56 Å². The van der Waals surface area contributed by atoms with Crippen LogP contribution in [0, 0.1) is 0 Å². The van der Waals surface area contributed by atoms with Crippen LogP contribution in [0.4, 0.5) is 5.13 Å². The van der Waals surface area contributed by atoms with Crippen molar-refractivity contribution in [3.63, 3.8) is 0 Å². The number of aromatic nitrogens is 1. The maximum Gasteiger partial charge on any atom is 0.189 e. The Bertz CT molecular complexity index is 1060. The number of phenolic OH excluding ortho intramolecular Hbond substituents is 1. The van der Waals surface area contributed by atoms with Gasteiger partial charge in [0.15, 0.2) is 11.9 Å². The summed E-state index contributed by atoms with van der Waals surface area (Å²) < 4.78 is 0.916. The molecule has 4 aromatic rings. The van der Waals surface area contributed by atoms with Crippen LogP contribution in [0.5, 0.6) is 5.75 Å². The third-order valence-electron chi connectivity index (χ3n) is 3.95. The average Bonchev–Trinajstić information content (AvgIpc) is 3.11. The summed E-state index contributed by atoms with van der Waals surface area (Å²) in [5.74, 6) is 0.233. The van der Waals surface area contributed by atoms with Gasteiger partial charge in [-0.25, -0.2) is 4.98 Å². The number of nitrogens with zero attached hydrogens (tertiary/aromatic N) is 2. The van der Waals surface area contributed by atoms with Gasteiger partial charge in [-0.15, -0.1) is 0 Å². The fourth-order valence-electron chi connectivity index (χ4n) is 2.61. The van der Waals surface area contributed by atoms with Crippen LogP contribution in [0.2, 0.25) is 0 Å². The van der Waals surface area contributed by atoms with E-state index in [9.17, 15) is 5.11 Å². The molecule has 4 rings (SSSR count). The van der Waals surface area contributed by atoms with Crippen molar-refractivity contribution in [2.45, 2.75) is 0 Å². The normalized spacial score (nSPS) is 11.1. The van der Waals surface area contributed by atoms with Gasteiger partial charge in [-0.05, 0) is 34.9 Å². The van der Waals surface area contributed by atoms with Crippen LogP contribution < -0.4 is 5.32 Å². The van der Waals surface area contributed by atoms with E-state index in [4.69, 9.17) is 4.84 Å². The molecule has 0 spiro atoms. The molecule has 0 fully saturated rings. The zero-order valence-corrected chi connectivity index (χ0v) is 15.2. The molecule has 0 atom stereocenters. The van der Waals surface area contributed by atoms with Crippen LogP contribution >= 0.6 is 11.3 Å². The SMILES string of the molecule is Oc1ccc2nc(NCO/N=C/c3ccc(-c4ccccc4)cc3)sc2c1. The standard InChI is InChI=1S/C21H17N3O2S/c25-18-10-11-19-20(12-18)27-21(24-19)22-14-26-23-13-15-6-8-17(9-7-15)16-4-2-1-3-5-16/h1-13,25H,14H2,(H,22,24)/b23-13+. The number of benzene rings is 3. The fraction of sp³-hybridized carbons (Fsp3) is 0.0476. The highest BCUT2D eigenvalue weighted by atomic mass is 32.1. The molecule has 2 N–H and O–H groups in total. The molecule has 27 heavy (non-hydrogen) atoms. The van der Waals surface area contributed by atoms with Crippen LogP contribution in [-0.2, 0) is 4.84 Å². The first-order valence-electron chi connectivity index (χ1n) is 8.42. The predicted octanol–water partition coefficient (Wildman–Crippen LogP) is 5.09. The van der Waals surface area contributed by atoms with Gasteiger partial charge in [0.2, 0.25) is 0 Å². The van der Waals surface area contributed by atoms with E-state index in [1.807, 2.05) is 30.3 Å². The summed E-state index contributed by atoms with van der Waals surface area (Å²) in [4.78, 5) is 9.66. The third-order valence-corrected chi connectivity index (χ3v) is 4.93. The molecule has 0 radical (unpaired) electrons. The van der Waals surface area contributed by atoms with Crippen molar-refractivity contribution >= 4 is 32.9 Å². The zero-order valence-electron chi connectivity index (χ0n) is 14.4. The Morgan fingerprint density at radius 1 is 1.00 bits per heavy atom. The van der Waals surface area contributed by atoms with E-state index in [2.05, 4.69) is 39.7 Å². The van der Waals surface area contributed by atoms with Gasteiger partial charge in [0.25, 0.3) is 0 Å². The monoisotopic (exact) mass is 375 g/mol. The number of rotatable bonds is 6. The Kier molecular flexibility index (Phi) is 4.98. The second kappa shape index (κ2) is 7.88. The van der Waals surface area contributed by atoms with Gasteiger partial charge in [0.1, 0.15) is 5.75 Å². The summed E-state index contributed by atoms with van der Waals surface area (Å²) in [6.07, 6.45) is 1.67. The number of thiazole rings is 1. The molecule has 0 amide bonds. The molecular formula is C21H17N3O2S. The molecule has 0 saturated heterocycles. The van der Waals surface area contributed by atoms with E-state index in [1.54, 1.807) is 24.4 Å². The number of phenols is 1. The molecule has 6 heteroatoms. The minimum absolute atomic E-state index is 0.213. The van der Waals surface area contributed by atoms with Crippen molar-refractivity contribution in [2.75, 3.05) is 12.0 Å². The van der Waals surface area contributed by atoms with E-state index in [1.165, 1.54) is 16.9 Å². The Labute approximate surface area is 160 Å². The Hall–Kier alpha value is -3.38. The lowest BCUT2D eigenvalue weighted by atomic mass is 10.0. The Morgan fingerprint density at radius 3 is 2.59 bits per heavy atom. The van der Waals surface area contributed by atoms with Gasteiger partial charge in [0, 0.05) is 0 Å². The van der Waals surface area contributed by atoms with E-state index in [0.29, 0.717) is 0 Å². The van der Waals surface area contributed by atoms with Crippen molar-refractivity contribution in [3.8, 4) is 16.9 Å². The van der Waals surface area contributed by atoms with Gasteiger partial charge in [-0.3, -0.25) is 0 Å².